The van der Waals surface area contributed by atoms with Crippen LogP contribution in [0.4, 0.5) is 15.7 Å². The normalized spacial score (nSPS) is 14.3. The van der Waals surface area contributed by atoms with Crippen LogP contribution in [0.5, 0.6) is 11.5 Å². The summed E-state index contributed by atoms with van der Waals surface area (Å²) in [6.07, 6.45) is 2.76. The lowest BCUT2D eigenvalue weighted by molar-refractivity contribution is 0.0203. The van der Waals surface area contributed by atoms with Gasteiger partial charge in [-0.3, -0.25) is 0 Å². The second-order valence-corrected chi connectivity index (χ2v) is 10.3. The molecule has 3 heterocycles. The highest BCUT2D eigenvalue weighted by atomic mass is 35.5. The van der Waals surface area contributed by atoms with Gasteiger partial charge in [0.05, 0.1) is 16.7 Å². The van der Waals surface area contributed by atoms with Gasteiger partial charge in [0, 0.05) is 42.8 Å². The second kappa shape index (κ2) is 10.5. The molecule has 0 spiro atoms. The van der Waals surface area contributed by atoms with Gasteiger partial charge in [-0.1, -0.05) is 11.6 Å². The molecule has 0 radical (unpaired) electrons. The number of likely N-dealkylation sites (tertiary alicyclic amines) is 1. The molecular weight excluding hydrogens is 488 g/mol. The number of halogens is 1. The summed E-state index contributed by atoms with van der Waals surface area (Å²) < 4.78 is 15.9. The first-order chi connectivity index (χ1) is 16.7. The summed E-state index contributed by atoms with van der Waals surface area (Å²) in [5.41, 5.74) is 0.0294. The Hall–Kier alpha value is -3.42. The van der Waals surface area contributed by atoms with Gasteiger partial charge in [-0.05, 0) is 57.9 Å². The van der Waals surface area contributed by atoms with Crippen LogP contribution < -0.4 is 10.1 Å². The molecular formula is C24H25ClN6O3S. The maximum atomic E-state index is 12.3. The monoisotopic (exact) mass is 512 g/mol. The Morgan fingerprint density at radius 2 is 1.97 bits per heavy atom. The fraction of sp³-hybridized carbons (Fsp3) is 0.375. The molecule has 0 unspecified atom stereocenters. The number of aromatic nitrogens is 3. The predicted octanol–water partition coefficient (Wildman–Crippen LogP) is 6.11. The highest BCUT2D eigenvalue weighted by Crippen LogP contribution is 2.34. The number of pyridine rings is 1. The fourth-order valence-corrected chi connectivity index (χ4v) is 4.31. The van der Waals surface area contributed by atoms with Crippen molar-refractivity contribution in [2.45, 2.75) is 45.1 Å². The maximum Gasteiger partial charge on any atom is 0.410 e. The zero-order valence-corrected chi connectivity index (χ0v) is 21.2. The van der Waals surface area contributed by atoms with E-state index in [2.05, 4.69) is 25.7 Å². The molecule has 4 rings (SSSR count). The van der Waals surface area contributed by atoms with Gasteiger partial charge in [-0.25, -0.2) is 14.8 Å². The number of anilines is 2. The SMILES string of the molecule is CC(C)(C)OC(=O)N1CCC(c2nsc(Nc3ncc(Cl)cc3Oc3ccc(C#N)cc3)n2)CC1. The van der Waals surface area contributed by atoms with E-state index in [1.807, 2.05) is 20.8 Å². The Bertz CT molecular complexity index is 1230. The van der Waals surface area contributed by atoms with Crippen LogP contribution >= 0.6 is 23.1 Å². The van der Waals surface area contributed by atoms with Crippen molar-refractivity contribution in [1.82, 2.24) is 19.2 Å². The largest absolute Gasteiger partial charge is 0.453 e. The average molecular weight is 513 g/mol. The van der Waals surface area contributed by atoms with Crippen LogP contribution in [-0.4, -0.2) is 44.0 Å². The van der Waals surface area contributed by atoms with E-state index in [1.165, 1.54) is 17.7 Å². The third kappa shape index (κ3) is 6.59. The van der Waals surface area contributed by atoms with Gasteiger partial charge >= 0.3 is 6.09 Å². The molecule has 1 aliphatic heterocycles. The standard InChI is InChI=1S/C24H25ClN6O3S/c1-24(2,3)34-23(32)31-10-8-16(9-11-31)20-28-22(35-30-20)29-21-19(12-17(25)14-27-21)33-18-6-4-15(13-26)5-7-18/h4-7,12,14,16H,8-11H2,1-3H3,(H,27,28,29,30). The van der Waals surface area contributed by atoms with Crippen molar-refractivity contribution in [2.75, 3.05) is 18.4 Å². The van der Waals surface area contributed by atoms with E-state index in [9.17, 15) is 4.79 Å². The number of carbonyl (C=O) groups excluding carboxylic acids is 1. The number of rotatable bonds is 5. The van der Waals surface area contributed by atoms with E-state index in [0.717, 1.165) is 18.7 Å². The first kappa shape index (κ1) is 24.7. The molecule has 0 aliphatic carbocycles. The smallest absolute Gasteiger partial charge is 0.410 e. The summed E-state index contributed by atoms with van der Waals surface area (Å²) in [4.78, 5) is 23.0. The number of nitriles is 1. The van der Waals surface area contributed by atoms with Crippen molar-refractivity contribution >= 4 is 40.2 Å². The molecule has 1 fully saturated rings. The Labute approximate surface area is 212 Å². The van der Waals surface area contributed by atoms with Crippen LogP contribution in [-0.2, 0) is 4.74 Å². The number of amides is 1. The lowest BCUT2D eigenvalue weighted by atomic mass is 9.96. The average Bonchev–Trinajstić information content (AvgIpc) is 3.29. The second-order valence-electron chi connectivity index (χ2n) is 9.06. The number of ether oxygens (including phenoxy) is 2. The summed E-state index contributed by atoms with van der Waals surface area (Å²) >= 11 is 7.37. The van der Waals surface area contributed by atoms with E-state index in [4.69, 9.17) is 26.3 Å². The van der Waals surface area contributed by atoms with Gasteiger partial charge in [0.1, 0.15) is 17.2 Å². The van der Waals surface area contributed by atoms with E-state index < -0.39 is 5.60 Å². The van der Waals surface area contributed by atoms with Crippen LogP contribution in [0, 0.1) is 11.3 Å². The van der Waals surface area contributed by atoms with Crippen LogP contribution in [0.1, 0.15) is 50.9 Å². The van der Waals surface area contributed by atoms with Crippen LogP contribution in [0.2, 0.25) is 5.02 Å². The third-order valence-electron chi connectivity index (χ3n) is 5.21. The molecule has 0 saturated carbocycles. The zero-order chi connectivity index (χ0) is 25.0. The van der Waals surface area contributed by atoms with Gasteiger partial charge in [-0.15, -0.1) is 0 Å². The molecule has 1 N–H and O–H groups in total. The number of nitrogens with zero attached hydrogens (tertiary/aromatic N) is 5. The van der Waals surface area contributed by atoms with Crippen molar-refractivity contribution in [2.24, 2.45) is 0 Å². The molecule has 9 nitrogen and oxygen atoms in total. The van der Waals surface area contributed by atoms with Gasteiger partial charge in [0.25, 0.3) is 0 Å². The lowest BCUT2D eigenvalue weighted by Gasteiger charge is -2.32. The van der Waals surface area contributed by atoms with Gasteiger partial charge in [0.2, 0.25) is 5.13 Å². The summed E-state index contributed by atoms with van der Waals surface area (Å²) in [5, 5.41) is 13.1. The minimum Gasteiger partial charge on any atom is -0.453 e. The van der Waals surface area contributed by atoms with Gasteiger partial charge < -0.3 is 19.7 Å². The summed E-state index contributed by atoms with van der Waals surface area (Å²) in [5.74, 6) is 2.31. The molecule has 1 amide bonds. The van der Waals surface area contributed by atoms with Crippen LogP contribution in [0.15, 0.2) is 36.5 Å². The molecule has 1 aliphatic rings. The van der Waals surface area contributed by atoms with Gasteiger partial charge in [-0.2, -0.15) is 9.64 Å². The Morgan fingerprint density at radius 3 is 2.63 bits per heavy atom. The highest BCUT2D eigenvalue weighted by molar-refractivity contribution is 7.09. The zero-order valence-electron chi connectivity index (χ0n) is 19.6. The molecule has 11 heteroatoms. The topological polar surface area (TPSA) is 113 Å². The molecule has 3 aromatic rings. The first-order valence-corrected chi connectivity index (χ1v) is 12.3. The van der Waals surface area contributed by atoms with Crippen molar-refractivity contribution in [3.05, 3.63) is 52.9 Å². The first-order valence-electron chi connectivity index (χ1n) is 11.1. The number of piperidine rings is 1. The summed E-state index contributed by atoms with van der Waals surface area (Å²) in [6, 6.07) is 10.5. The molecule has 0 bridgehead atoms. The summed E-state index contributed by atoms with van der Waals surface area (Å²) in [7, 11) is 0. The molecule has 35 heavy (non-hydrogen) atoms. The van der Waals surface area contributed by atoms with Crippen molar-refractivity contribution in [3.8, 4) is 17.6 Å². The molecule has 0 atom stereocenters. The Balaban J connectivity index is 1.40. The van der Waals surface area contributed by atoms with E-state index >= 15 is 0 Å². The highest BCUT2D eigenvalue weighted by Gasteiger charge is 2.29. The molecule has 1 saturated heterocycles. The lowest BCUT2D eigenvalue weighted by Crippen LogP contribution is -2.41. The molecule has 1 aromatic carbocycles. The van der Waals surface area contributed by atoms with Crippen molar-refractivity contribution < 1.29 is 14.3 Å². The predicted molar refractivity (Wildman–Crippen MR) is 133 cm³/mol. The number of nitrogens with one attached hydrogen (secondary N) is 1. The number of carbonyl (C=O) groups is 1. The quantitative estimate of drug-likeness (QED) is 0.435. The Morgan fingerprint density at radius 1 is 1.26 bits per heavy atom. The van der Waals surface area contributed by atoms with Crippen LogP contribution in [0.25, 0.3) is 0 Å². The van der Waals surface area contributed by atoms with Crippen molar-refractivity contribution in [1.29, 1.82) is 5.26 Å². The van der Waals surface area contributed by atoms with E-state index in [1.54, 1.807) is 35.2 Å². The molecule has 2 aromatic heterocycles. The maximum absolute atomic E-state index is 12.3. The van der Waals surface area contributed by atoms with Crippen molar-refractivity contribution in [3.63, 3.8) is 0 Å². The molecule has 182 valence electrons. The minimum atomic E-state index is -0.511. The number of hydrogen-bond donors (Lipinski definition) is 1. The van der Waals surface area contributed by atoms with E-state index in [-0.39, 0.29) is 12.0 Å². The number of benzene rings is 1. The van der Waals surface area contributed by atoms with E-state index in [0.29, 0.717) is 46.1 Å². The fourth-order valence-electron chi connectivity index (χ4n) is 3.52. The Kier molecular flexibility index (Phi) is 7.38. The number of hydrogen-bond acceptors (Lipinski definition) is 9. The summed E-state index contributed by atoms with van der Waals surface area (Å²) in [6.45, 7) is 6.79. The minimum absolute atomic E-state index is 0.160. The van der Waals surface area contributed by atoms with Gasteiger partial charge in [0.15, 0.2) is 11.6 Å². The third-order valence-corrected chi connectivity index (χ3v) is 6.06. The van der Waals surface area contributed by atoms with Crippen LogP contribution in [0.3, 0.4) is 0 Å².